The standard InChI is InChI=1S/C18H18N6O2S/c1-9(15-10(2)23-27-16(15)19)21-22-17(25)11-5-6-12-13(8-11)20-14-4-3-7-24(14)18(12)26/h5-6,8H,3-4,7,19H2,1-2H3,(H,22,25)/b21-9-. The SMILES string of the molecule is C/C(=N/NC(=O)c1ccc2c(=O)n3c(nc2c1)CCC3)c1c(C)nsc1N. The van der Waals surface area contributed by atoms with Crippen LogP contribution in [0.4, 0.5) is 5.00 Å². The minimum Gasteiger partial charge on any atom is -0.389 e. The first kappa shape index (κ1) is 17.3. The number of hydrogen-bond acceptors (Lipinski definition) is 7. The number of benzene rings is 1. The number of amides is 1. The van der Waals surface area contributed by atoms with Gasteiger partial charge in [0.2, 0.25) is 0 Å². The quantitative estimate of drug-likeness (QED) is 0.530. The van der Waals surface area contributed by atoms with E-state index in [1.807, 2.05) is 6.92 Å². The Hall–Kier alpha value is -3.07. The summed E-state index contributed by atoms with van der Waals surface area (Å²) in [5.74, 6) is 0.396. The smallest absolute Gasteiger partial charge is 0.271 e. The number of nitrogens with zero attached hydrogens (tertiary/aromatic N) is 4. The minimum absolute atomic E-state index is 0.0516. The van der Waals surface area contributed by atoms with Crippen LogP contribution in [-0.2, 0) is 13.0 Å². The number of nitrogens with two attached hydrogens (primary N) is 1. The van der Waals surface area contributed by atoms with Gasteiger partial charge in [0.25, 0.3) is 11.5 Å². The van der Waals surface area contributed by atoms with E-state index >= 15 is 0 Å². The van der Waals surface area contributed by atoms with Gasteiger partial charge in [-0.25, -0.2) is 10.4 Å². The lowest BCUT2D eigenvalue weighted by molar-refractivity contribution is 0.0955. The highest BCUT2D eigenvalue weighted by molar-refractivity contribution is 7.10. The molecule has 138 valence electrons. The number of aryl methyl sites for hydroxylation is 2. The van der Waals surface area contributed by atoms with Crippen molar-refractivity contribution in [3.8, 4) is 0 Å². The van der Waals surface area contributed by atoms with E-state index in [0.29, 0.717) is 33.7 Å². The lowest BCUT2D eigenvalue weighted by atomic mass is 10.1. The summed E-state index contributed by atoms with van der Waals surface area (Å²) in [6, 6.07) is 4.88. The fourth-order valence-electron chi connectivity index (χ4n) is 3.31. The molecule has 0 fully saturated rings. The van der Waals surface area contributed by atoms with Crippen LogP contribution in [0.1, 0.15) is 40.8 Å². The summed E-state index contributed by atoms with van der Waals surface area (Å²) in [6.45, 7) is 4.31. The number of hydrogen-bond donors (Lipinski definition) is 2. The van der Waals surface area contributed by atoms with Crippen molar-refractivity contribution < 1.29 is 4.79 Å². The molecule has 8 nitrogen and oxygen atoms in total. The normalized spacial score (nSPS) is 13.8. The Balaban J connectivity index is 1.62. The number of carbonyl (C=O) groups excluding carboxylic acids is 1. The predicted molar refractivity (Wildman–Crippen MR) is 105 cm³/mol. The second kappa shape index (κ2) is 6.58. The number of anilines is 1. The zero-order valence-electron chi connectivity index (χ0n) is 14.9. The molecule has 3 aromatic rings. The van der Waals surface area contributed by atoms with Gasteiger partial charge in [-0.1, -0.05) is 0 Å². The number of rotatable bonds is 3. The highest BCUT2D eigenvalue weighted by Gasteiger charge is 2.17. The van der Waals surface area contributed by atoms with Crippen LogP contribution in [0.3, 0.4) is 0 Å². The van der Waals surface area contributed by atoms with Gasteiger partial charge < -0.3 is 5.73 Å². The fourth-order valence-corrected chi connectivity index (χ4v) is 4.02. The van der Waals surface area contributed by atoms with Gasteiger partial charge in [-0.2, -0.15) is 9.47 Å². The first-order valence-electron chi connectivity index (χ1n) is 8.56. The maximum atomic E-state index is 12.5. The van der Waals surface area contributed by atoms with Gasteiger partial charge in [-0.05, 0) is 50.0 Å². The molecule has 0 bridgehead atoms. The number of carbonyl (C=O) groups is 1. The van der Waals surface area contributed by atoms with Crippen molar-refractivity contribution in [3.05, 3.63) is 51.2 Å². The van der Waals surface area contributed by atoms with Crippen molar-refractivity contribution in [2.45, 2.75) is 33.2 Å². The van der Waals surface area contributed by atoms with Crippen LogP contribution in [-0.4, -0.2) is 25.5 Å². The summed E-state index contributed by atoms with van der Waals surface area (Å²) in [5.41, 5.74) is 11.4. The van der Waals surface area contributed by atoms with E-state index in [1.54, 1.807) is 29.7 Å². The molecule has 3 N–H and O–H groups in total. The van der Waals surface area contributed by atoms with Crippen LogP contribution in [0.15, 0.2) is 28.1 Å². The van der Waals surface area contributed by atoms with Crippen molar-refractivity contribution in [2.24, 2.45) is 5.10 Å². The average Bonchev–Trinajstić information content (AvgIpc) is 3.25. The fraction of sp³-hybridized carbons (Fsp3) is 0.278. The number of fused-ring (bicyclic) bond motifs is 2. The summed E-state index contributed by atoms with van der Waals surface area (Å²) < 4.78 is 5.88. The van der Waals surface area contributed by atoms with E-state index in [9.17, 15) is 9.59 Å². The molecule has 27 heavy (non-hydrogen) atoms. The molecular formula is C18H18N6O2S. The van der Waals surface area contributed by atoms with Crippen LogP contribution in [0, 0.1) is 6.92 Å². The molecule has 2 aromatic heterocycles. The van der Waals surface area contributed by atoms with Crippen LogP contribution in [0.2, 0.25) is 0 Å². The monoisotopic (exact) mass is 382 g/mol. The van der Waals surface area contributed by atoms with E-state index in [0.717, 1.165) is 29.9 Å². The van der Waals surface area contributed by atoms with Crippen molar-refractivity contribution >= 4 is 39.1 Å². The molecular weight excluding hydrogens is 364 g/mol. The van der Waals surface area contributed by atoms with Crippen LogP contribution in [0.5, 0.6) is 0 Å². The molecule has 1 aliphatic rings. The lowest BCUT2D eigenvalue weighted by Gasteiger charge is -2.07. The second-order valence-corrected chi connectivity index (χ2v) is 7.27. The zero-order valence-corrected chi connectivity index (χ0v) is 15.8. The highest BCUT2D eigenvalue weighted by Crippen LogP contribution is 2.21. The topological polar surface area (TPSA) is 115 Å². The van der Waals surface area contributed by atoms with Crippen molar-refractivity contribution in [1.82, 2.24) is 19.4 Å². The molecule has 4 rings (SSSR count). The van der Waals surface area contributed by atoms with Gasteiger partial charge in [0, 0.05) is 18.5 Å². The van der Waals surface area contributed by atoms with E-state index in [1.165, 1.54) is 11.5 Å². The van der Waals surface area contributed by atoms with E-state index in [-0.39, 0.29) is 11.5 Å². The molecule has 1 amide bonds. The van der Waals surface area contributed by atoms with E-state index < -0.39 is 0 Å². The Kier molecular flexibility index (Phi) is 4.23. The van der Waals surface area contributed by atoms with Gasteiger partial charge in [0.1, 0.15) is 10.8 Å². The molecule has 1 aliphatic heterocycles. The molecule has 0 atom stereocenters. The number of hydrazone groups is 1. The van der Waals surface area contributed by atoms with Crippen LogP contribution < -0.4 is 16.7 Å². The Morgan fingerprint density at radius 1 is 1.41 bits per heavy atom. The van der Waals surface area contributed by atoms with Gasteiger partial charge in [0.15, 0.2) is 0 Å². The Bertz CT molecular complexity index is 1140. The summed E-state index contributed by atoms with van der Waals surface area (Å²) >= 11 is 1.20. The largest absolute Gasteiger partial charge is 0.389 e. The summed E-state index contributed by atoms with van der Waals surface area (Å²) in [6.07, 6.45) is 1.69. The van der Waals surface area contributed by atoms with Crippen LogP contribution in [0.25, 0.3) is 10.9 Å². The molecule has 0 saturated carbocycles. The van der Waals surface area contributed by atoms with Gasteiger partial charge in [-0.15, -0.1) is 0 Å². The third-order valence-electron chi connectivity index (χ3n) is 4.65. The molecule has 0 spiro atoms. The van der Waals surface area contributed by atoms with Crippen LogP contribution >= 0.6 is 11.5 Å². The Morgan fingerprint density at radius 3 is 2.96 bits per heavy atom. The van der Waals surface area contributed by atoms with Gasteiger partial charge >= 0.3 is 0 Å². The number of aromatic nitrogens is 3. The maximum Gasteiger partial charge on any atom is 0.271 e. The molecule has 0 radical (unpaired) electrons. The second-order valence-electron chi connectivity index (χ2n) is 6.47. The third-order valence-corrected chi connectivity index (χ3v) is 5.42. The molecule has 9 heteroatoms. The molecule has 0 unspecified atom stereocenters. The molecule has 0 aliphatic carbocycles. The summed E-state index contributed by atoms with van der Waals surface area (Å²) in [5, 5.41) is 5.22. The summed E-state index contributed by atoms with van der Waals surface area (Å²) in [7, 11) is 0. The van der Waals surface area contributed by atoms with Crippen molar-refractivity contribution in [3.63, 3.8) is 0 Å². The van der Waals surface area contributed by atoms with E-state index in [4.69, 9.17) is 5.73 Å². The zero-order chi connectivity index (χ0) is 19.1. The maximum absolute atomic E-state index is 12.5. The first-order valence-corrected chi connectivity index (χ1v) is 9.33. The molecule has 0 saturated heterocycles. The Morgan fingerprint density at radius 2 is 2.22 bits per heavy atom. The highest BCUT2D eigenvalue weighted by atomic mass is 32.1. The van der Waals surface area contributed by atoms with Crippen molar-refractivity contribution in [1.29, 1.82) is 0 Å². The lowest BCUT2D eigenvalue weighted by Crippen LogP contribution is -2.22. The predicted octanol–water partition coefficient (Wildman–Crippen LogP) is 1.84. The minimum atomic E-state index is -0.377. The Labute approximate surface area is 158 Å². The van der Waals surface area contributed by atoms with Crippen molar-refractivity contribution in [2.75, 3.05) is 5.73 Å². The van der Waals surface area contributed by atoms with E-state index in [2.05, 4.69) is 19.9 Å². The number of nitrogens with one attached hydrogen (secondary N) is 1. The van der Waals surface area contributed by atoms with Gasteiger partial charge in [0.05, 0.1) is 27.9 Å². The summed E-state index contributed by atoms with van der Waals surface area (Å²) in [4.78, 5) is 29.5. The van der Waals surface area contributed by atoms with Gasteiger partial charge in [-0.3, -0.25) is 14.2 Å². The first-order chi connectivity index (χ1) is 13.0. The molecule has 3 heterocycles. The number of nitrogen functional groups attached to an aromatic ring is 1. The average molecular weight is 382 g/mol. The molecule has 1 aromatic carbocycles. The third kappa shape index (κ3) is 2.99.